The fourth-order valence-electron chi connectivity index (χ4n) is 2.77. The van der Waals surface area contributed by atoms with Crippen LogP contribution in [0, 0.1) is 5.92 Å². The van der Waals surface area contributed by atoms with Crippen molar-refractivity contribution in [1.82, 2.24) is 0 Å². The summed E-state index contributed by atoms with van der Waals surface area (Å²) in [6, 6.07) is 6.15. The molecule has 1 aliphatic heterocycles. The molecule has 2 rings (SSSR count). The van der Waals surface area contributed by atoms with E-state index in [1.165, 1.54) is 18.5 Å². The number of rotatable bonds is 4. The molecule has 0 aromatic heterocycles. The Hall–Kier alpha value is -0.580. The van der Waals surface area contributed by atoms with E-state index in [9.17, 15) is 5.11 Å². The highest BCUT2D eigenvalue weighted by molar-refractivity contribution is 9.10. The third-order valence-electron chi connectivity index (χ3n) is 3.86. The lowest BCUT2D eigenvalue weighted by molar-refractivity contribution is 0.198. The number of hydrogen-bond acceptors (Lipinski definition) is 3. The number of hydrogen-bond donors (Lipinski definition) is 2. The molecule has 1 heterocycles. The highest BCUT2D eigenvalue weighted by Gasteiger charge is 2.20. The van der Waals surface area contributed by atoms with Gasteiger partial charge in [-0.15, -0.1) is 0 Å². The molecule has 1 aromatic carbocycles. The molecule has 4 heteroatoms. The molecule has 0 saturated carbocycles. The molecule has 0 aliphatic carbocycles. The van der Waals surface area contributed by atoms with E-state index in [1.807, 2.05) is 6.07 Å². The first-order chi connectivity index (χ1) is 9.11. The van der Waals surface area contributed by atoms with Crippen molar-refractivity contribution in [1.29, 1.82) is 0 Å². The van der Waals surface area contributed by atoms with Crippen molar-refractivity contribution in [3.8, 4) is 0 Å². The van der Waals surface area contributed by atoms with E-state index in [0.717, 1.165) is 29.5 Å². The fraction of sp³-hybridized carbons (Fsp3) is 0.600. The van der Waals surface area contributed by atoms with Crippen molar-refractivity contribution in [3.63, 3.8) is 0 Å². The molecule has 3 nitrogen and oxygen atoms in total. The molecule has 2 atom stereocenters. The van der Waals surface area contributed by atoms with Crippen molar-refractivity contribution in [3.05, 3.63) is 28.2 Å². The van der Waals surface area contributed by atoms with E-state index in [1.54, 1.807) is 6.92 Å². The predicted octanol–water partition coefficient (Wildman–Crippen LogP) is 3.10. The summed E-state index contributed by atoms with van der Waals surface area (Å²) in [5.41, 5.74) is 2.12. The zero-order valence-electron chi connectivity index (χ0n) is 11.3. The lowest BCUT2D eigenvalue weighted by Gasteiger charge is -2.34. The number of benzene rings is 1. The van der Waals surface area contributed by atoms with Gasteiger partial charge in [0.15, 0.2) is 0 Å². The Bertz CT molecular complexity index is 421. The second kappa shape index (κ2) is 6.73. The molecule has 0 amide bonds. The maximum atomic E-state index is 9.65. The molecule has 1 saturated heterocycles. The van der Waals surface area contributed by atoms with Gasteiger partial charge < -0.3 is 15.1 Å². The molecule has 106 valence electrons. The lowest BCUT2D eigenvalue weighted by Crippen LogP contribution is -2.35. The highest BCUT2D eigenvalue weighted by Crippen LogP contribution is 2.31. The molecule has 19 heavy (non-hydrogen) atoms. The van der Waals surface area contributed by atoms with Gasteiger partial charge in [-0.2, -0.15) is 0 Å². The standard InChI is InChI=1S/C15H22BrNO2/c1-11(19)14-5-4-13(9-15(14)16)17-7-2-3-12(10-17)6-8-18/h4-5,9,11-12,18-19H,2-3,6-8,10H2,1H3. The average molecular weight is 328 g/mol. The number of aliphatic hydroxyl groups is 2. The molecule has 2 N–H and O–H groups in total. The Kier molecular flexibility index (Phi) is 5.25. The summed E-state index contributed by atoms with van der Waals surface area (Å²) >= 11 is 3.53. The van der Waals surface area contributed by atoms with Gasteiger partial charge in [0, 0.05) is 29.9 Å². The number of anilines is 1. The third kappa shape index (κ3) is 3.71. The van der Waals surface area contributed by atoms with Gasteiger partial charge in [0.25, 0.3) is 0 Å². The molecule has 1 fully saturated rings. The van der Waals surface area contributed by atoms with Gasteiger partial charge in [0.1, 0.15) is 0 Å². The molecule has 1 aromatic rings. The second-order valence-corrected chi connectivity index (χ2v) is 6.20. The number of piperidine rings is 1. The minimum atomic E-state index is -0.452. The van der Waals surface area contributed by atoms with Crippen LogP contribution in [0.25, 0.3) is 0 Å². The Labute approximate surface area is 123 Å². The van der Waals surface area contributed by atoms with Crippen LogP contribution in [0.5, 0.6) is 0 Å². The number of nitrogens with zero attached hydrogens (tertiary/aromatic N) is 1. The van der Waals surface area contributed by atoms with Crippen LogP contribution in [-0.2, 0) is 0 Å². The van der Waals surface area contributed by atoms with Gasteiger partial charge >= 0.3 is 0 Å². The van der Waals surface area contributed by atoms with E-state index in [-0.39, 0.29) is 6.61 Å². The van der Waals surface area contributed by atoms with Gasteiger partial charge in [-0.05, 0) is 49.8 Å². The summed E-state index contributed by atoms with van der Waals surface area (Å²) in [6.07, 6.45) is 2.83. The van der Waals surface area contributed by atoms with Gasteiger partial charge in [-0.3, -0.25) is 0 Å². The van der Waals surface area contributed by atoms with E-state index in [2.05, 4.69) is 33.0 Å². The van der Waals surface area contributed by atoms with Gasteiger partial charge in [-0.1, -0.05) is 22.0 Å². The van der Waals surface area contributed by atoms with Crippen LogP contribution in [0.2, 0.25) is 0 Å². The fourth-order valence-corrected chi connectivity index (χ4v) is 3.47. The smallest absolute Gasteiger partial charge is 0.0772 e. The lowest BCUT2D eigenvalue weighted by atomic mass is 9.94. The Balaban J connectivity index is 2.11. The van der Waals surface area contributed by atoms with E-state index >= 15 is 0 Å². The second-order valence-electron chi connectivity index (χ2n) is 5.35. The topological polar surface area (TPSA) is 43.7 Å². The normalized spacial score (nSPS) is 21.5. The minimum absolute atomic E-state index is 0.281. The summed E-state index contributed by atoms with van der Waals surface area (Å²) < 4.78 is 0.962. The third-order valence-corrected chi connectivity index (χ3v) is 4.54. The Morgan fingerprint density at radius 3 is 2.89 bits per heavy atom. The van der Waals surface area contributed by atoms with Crippen LogP contribution in [0.1, 0.15) is 37.9 Å². The average Bonchev–Trinajstić information content (AvgIpc) is 2.39. The molecule has 0 bridgehead atoms. The zero-order valence-corrected chi connectivity index (χ0v) is 12.9. The van der Waals surface area contributed by atoms with Gasteiger partial charge in [-0.25, -0.2) is 0 Å². The predicted molar refractivity (Wildman–Crippen MR) is 81.4 cm³/mol. The van der Waals surface area contributed by atoms with Crippen molar-refractivity contribution in [2.24, 2.45) is 5.92 Å². The SMILES string of the molecule is CC(O)c1ccc(N2CCCC(CCO)C2)cc1Br. The summed E-state index contributed by atoms with van der Waals surface area (Å²) in [6.45, 7) is 4.14. The van der Waals surface area contributed by atoms with E-state index < -0.39 is 6.10 Å². The van der Waals surface area contributed by atoms with Crippen molar-refractivity contribution in [2.75, 3.05) is 24.6 Å². The van der Waals surface area contributed by atoms with E-state index in [0.29, 0.717) is 5.92 Å². The largest absolute Gasteiger partial charge is 0.396 e. The summed E-state index contributed by atoms with van der Waals surface area (Å²) in [5.74, 6) is 0.592. The summed E-state index contributed by atoms with van der Waals surface area (Å²) in [4.78, 5) is 2.38. The van der Waals surface area contributed by atoms with Crippen LogP contribution in [0.4, 0.5) is 5.69 Å². The highest BCUT2D eigenvalue weighted by atomic mass is 79.9. The van der Waals surface area contributed by atoms with E-state index in [4.69, 9.17) is 5.11 Å². The molecular formula is C15H22BrNO2. The maximum Gasteiger partial charge on any atom is 0.0772 e. The first-order valence-electron chi connectivity index (χ1n) is 6.95. The minimum Gasteiger partial charge on any atom is -0.396 e. The van der Waals surface area contributed by atoms with Gasteiger partial charge in [0.05, 0.1) is 6.10 Å². The molecule has 2 unspecified atom stereocenters. The Morgan fingerprint density at radius 2 is 2.26 bits per heavy atom. The van der Waals surface area contributed by atoms with Crippen LogP contribution < -0.4 is 4.90 Å². The number of halogens is 1. The summed E-state index contributed by atoms with van der Waals surface area (Å²) in [5, 5.41) is 18.7. The molecule has 0 radical (unpaired) electrons. The first-order valence-corrected chi connectivity index (χ1v) is 7.74. The monoisotopic (exact) mass is 327 g/mol. The zero-order chi connectivity index (χ0) is 13.8. The van der Waals surface area contributed by atoms with Crippen molar-refractivity contribution >= 4 is 21.6 Å². The molecule has 0 spiro atoms. The van der Waals surface area contributed by atoms with Gasteiger partial charge in [0.2, 0.25) is 0 Å². The first kappa shape index (κ1) is 14.8. The maximum absolute atomic E-state index is 9.65. The molecular weight excluding hydrogens is 306 g/mol. The van der Waals surface area contributed by atoms with Crippen LogP contribution >= 0.6 is 15.9 Å². The quantitative estimate of drug-likeness (QED) is 0.893. The summed E-state index contributed by atoms with van der Waals surface area (Å²) in [7, 11) is 0. The molecule has 1 aliphatic rings. The number of aliphatic hydroxyl groups excluding tert-OH is 2. The van der Waals surface area contributed by atoms with Crippen LogP contribution in [0.15, 0.2) is 22.7 Å². The van der Waals surface area contributed by atoms with Crippen LogP contribution in [0.3, 0.4) is 0 Å². The van der Waals surface area contributed by atoms with Crippen LogP contribution in [-0.4, -0.2) is 29.9 Å². The van der Waals surface area contributed by atoms with Crippen molar-refractivity contribution < 1.29 is 10.2 Å². The Morgan fingerprint density at radius 1 is 1.47 bits per heavy atom. The van der Waals surface area contributed by atoms with Crippen molar-refractivity contribution in [2.45, 2.75) is 32.3 Å².